The summed E-state index contributed by atoms with van der Waals surface area (Å²) in [5.74, 6) is 0. The van der Waals surface area contributed by atoms with Gasteiger partial charge in [0.15, 0.2) is 0 Å². The summed E-state index contributed by atoms with van der Waals surface area (Å²) in [5, 5.41) is 12.6. The zero-order valence-electron chi connectivity index (χ0n) is 12.1. The van der Waals surface area contributed by atoms with Gasteiger partial charge in [-0.25, -0.2) is 0 Å². The van der Waals surface area contributed by atoms with Gasteiger partial charge in [0, 0.05) is 19.7 Å². The molecule has 120 valence electrons. The Bertz CT molecular complexity index is 410. The highest BCUT2D eigenvalue weighted by molar-refractivity contribution is 5.25. The SMILES string of the molecule is CCCCOCC(O)CNCc1cccc(C(F)(F)F)c1. The zero-order chi connectivity index (χ0) is 15.7. The quantitative estimate of drug-likeness (QED) is 0.689. The van der Waals surface area contributed by atoms with Crippen LogP contribution in [-0.4, -0.2) is 31.0 Å². The average molecular weight is 305 g/mol. The molecule has 21 heavy (non-hydrogen) atoms. The van der Waals surface area contributed by atoms with E-state index in [2.05, 4.69) is 12.2 Å². The van der Waals surface area contributed by atoms with E-state index in [0.717, 1.165) is 25.0 Å². The fourth-order valence-corrected chi connectivity index (χ4v) is 1.77. The molecule has 6 heteroatoms. The molecule has 0 fully saturated rings. The Labute approximate surface area is 123 Å². The number of hydrogen-bond donors (Lipinski definition) is 2. The molecular formula is C15H22F3NO2. The Kier molecular flexibility index (Phi) is 7.71. The third-order valence-corrected chi connectivity index (χ3v) is 2.92. The second-order valence-electron chi connectivity index (χ2n) is 4.91. The van der Waals surface area contributed by atoms with Crippen LogP contribution in [0.4, 0.5) is 13.2 Å². The fourth-order valence-electron chi connectivity index (χ4n) is 1.77. The van der Waals surface area contributed by atoms with E-state index in [9.17, 15) is 18.3 Å². The van der Waals surface area contributed by atoms with Gasteiger partial charge >= 0.3 is 6.18 Å². The molecule has 1 aromatic carbocycles. The smallest absolute Gasteiger partial charge is 0.389 e. The number of alkyl halides is 3. The molecule has 2 N–H and O–H groups in total. The van der Waals surface area contributed by atoms with E-state index in [0.29, 0.717) is 12.2 Å². The third kappa shape index (κ3) is 7.45. The highest BCUT2D eigenvalue weighted by Gasteiger charge is 2.30. The Balaban J connectivity index is 2.29. The van der Waals surface area contributed by atoms with E-state index >= 15 is 0 Å². The molecule has 1 aromatic rings. The summed E-state index contributed by atoms with van der Waals surface area (Å²) in [6.45, 7) is 3.45. The first-order chi connectivity index (χ1) is 9.93. The third-order valence-electron chi connectivity index (χ3n) is 2.92. The van der Waals surface area contributed by atoms with Crippen LogP contribution in [0.2, 0.25) is 0 Å². The first kappa shape index (κ1) is 17.9. The van der Waals surface area contributed by atoms with Crippen molar-refractivity contribution in [1.29, 1.82) is 0 Å². The number of ether oxygens (including phenoxy) is 1. The number of aliphatic hydroxyl groups is 1. The highest BCUT2D eigenvalue weighted by atomic mass is 19.4. The number of unbranched alkanes of at least 4 members (excludes halogenated alkanes) is 1. The maximum Gasteiger partial charge on any atom is 0.416 e. The topological polar surface area (TPSA) is 41.5 Å². The van der Waals surface area contributed by atoms with Crippen LogP contribution in [0, 0.1) is 0 Å². The molecule has 0 aliphatic rings. The predicted octanol–water partition coefficient (Wildman–Crippen LogP) is 2.97. The van der Waals surface area contributed by atoms with E-state index in [4.69, 9.17) is 4.74 Å². The fraction of sp³-hybridized carbons (Fsp3) is 0.600. The minimum atomic E-state index is -4.33. The molecule has 0 aliphatic heterocycles. The molecule has 0 spiro atoms. The van der Waals surface area contributed by atoms with Crippen molar-refractivity contribution in [2.75, 3.05) is 19.8 Å². The highest BCUT2D eigenvalue weighted by Crippen LogP contribution is 2.29. The lowest BCUT2D eigenvalue weighted by Gasteiger charge is -2.13. The summed E-state index contributed by atoms with van der Waals surface area (Å²) in [6.07, 6.45) is -3.01. The number of halogens is 3. The zero-order valence-corrected chi connectivity index (χ0v) is 12.1. The molecule has 1 rings (SSSR count). The maximum atomic E-state index is 12.5. The van der Waals surface area contributed by atoms with E-state index in [-0.39, 0.29) is 19.7 Å². The molecule has 0 amide bonds. The number of hydrogen-bond acceptors (Lipinski definition) is 3. The first-order valence-electron chi connectivity index (χ1n) is 7.06. The van der Waals surface area contributed by atoms with Gasteiger partial charge in [-0.1, -0.05) is 31.5 Å². The molecule has 0 aromatic heterocycles. The largest absolute Gasteiger partial charge is 0.416 e. The molecule has 1 atom stereocenters. The number of nitrogens with one attached hydrogen (secondary N) is 1. The molecular weight excluding hydrogens is 283 g/mol. The monoisotopic (exact) mass is 305 g/mol. The summed E-state index contributed by atoms with van der Waals surface area (Å²) in [6, 6.07) is 5.15. The second kappa shape index (κ2) is 9.02. The summed E-state index contributed by atoms with van der Waals surface area (Å²) in [7, 11) is 0. The van der Waals surface area contributed by atoms with Gasteiger partial charge in [0.25, 0.3) is 0 Å². The maximum absolute atomic E-state index is 12.5. The Hall–Kier alpha value is -1.11. The van der Waals surface area contributed by atoms with Crippen molar-refractivity contribution >= 4 is 0 Å². The van der Waals surface area contributed by atoms with Gasteiger partial charge in [-0.05, 0) is 18.1 Å². The average Bonchev–Trinajstić information content (AvgIpc) is 2.43. The van der Waals surface area contributed by atoms with Crippen LogP contribution < -0.4 is 5.32 Å². The van der Waals surface area contributed by atoms with Gasteiger partial charge in [-0.2, -0.15) is 13.2 Å². The second-order valence-corrected chi connectivity index (χ2v) is 4.91. The Morgan fingerprint density at radius 2 is 2.10 bits per heavy atom. The number of rotatable bonds is 9. The molecule has 0 heterocycles. The normalized spacial score (nSPS) is 13.4. The molecule has 0 bridgehead atoms. The van der Waals surface area contributed by atoms with Crippen LogP contribution in [0.15, 0.2) is 24.3 Å². The summed E-state index contributed by atoms with van der Waals surface area (Å²) >= 11 is 0. The van der Waals surface area contributed by atoms with E-state index < -0.39 is 17.8 Å². The van der Waals surface area contributed by atoms with Crippen LogP contribution in [0.3, 0.4) is 0 Å². The molecule has 3 nitrogen and oxygen atoms in total. The van der Waals surface area contributed by atoms with Crippen molar-refractivity contribution < 1.29 is 23.0 Å². The summed E-state index contributed by atoms with van der Waals surface area (Å²) < 4.78 is 42.9. The van der Waals surface area contributed by atoms with E-state index in [1.165, 1.54) is 6.07 Å². The van der Waals surface area contributed by atoms with Gasteiger partial charge in [-0.15, -0.1) is 0 Å². The molecule has 0 saturated heterocycles. The van der Waals surface area contributed by atoms with Crippen LogP contribution in [0.1, 0.15) is 30.9 Å². The van der Waals surface area contributed by atoms with Crippen LogP contribution in [0.5, 0.6) is 0 Å². The van der Waals surface area contributed by atoms with Gasteiger partial charge in [0.05, 0.1) is 18.3 Å². The van der Waals surface area contributed by atoms with Crippen molar-refractivity contribution in [2.45, 2.75) is 38.6 Å². The van der Waals surface area contributed by atoms with Crippen molar-refractivity contribution in [3.05, 3.63) is 35.4 Å². The standard InChI is InChI=1S/C15H22F3NO2/c1-2-3-7-21-11-14(20)10-19-9-12-5-4-6-13(8-12)15(16,17)18/h4-6,8,14,19-20H,2-3,7,9-11H2,1H3. The van der Waals surface area contributed by atoms with Gasteiger partial charge < -0.3 is 15.2 Å². The van der Waals surface area contributed by atoms with Crippen molar-refractivity contribution in [1.82, 2.24) is 5.32 Å². The first-order valence-corrected chi connectivity index (χ1v) is 7.06. The lowest BCUT2D eigenvalue weighted by atomic mass is 10.1. The van der Waals surface area contributed by atoms with E-state index in [1.54, 1.807) is 6.07 Å². The summed E-state index contributed by atoms with van der Waals surface area (Å²) in [5.41, 5.74) is -0.130. The minimum Gasteiger partial charge on any atom is -0.389 e. The van der Waals surface area contributed by atoms with Gasteiger partial charge in [-0.3, -0.25) is 0 Å². The molecule has 0 radical (unpaired) electrons. The van der Waals surface area contributed by atoms with Crippen LogP contribution in [0.25, 0.3) is 0 Å². The predicted molar refractivity (Wildman–Crippen MR) is 74.9 cm³/mol. The van der Waals surface area contributed by atoms with Gasteiger partial charge in [0.1, 0.15) is 0 Å². The van der Waals surface area contributed by atoms with Crippen molar-refractivity contribution in [2.24, 2.45) is 0 Å². The summed E-state index contributed by atoms with van der Waals surface area (Å²) in [4.78, 5) is 0. The molecule has 1 unspecified atom stereocenters. The van der Waals surface area contributed by atoms with Crippen molar-refractivity contribution in [3.63, 3.8) is 0 Å². The van der Waals surface area contributed by atoms with Crippen LogP contribution in [-0.2, 0) is 17.5 Å². The molecule has 0 aliphatic carbocycles. The van der Waals surface area contributed by atoms with E-state index in [1.807, 2.05) is 0 Å². The lowest BCUT2D eigenvalue weighted by molar-refractivity contribution is -0.137. The Morgan fingerprint density at radius 1 is 1.33 bits per heavy atom. The lowest BCUT2D eigenvalue weighted by Crippen LogP contribution is -2.30. The van der Waals surface area contributed by atoms with Gasteiger partial charge in [0.2, 0.25) is 0 Å². The van der Waals surface area contributed by atoms with Crippen molar-refractivity contribution in [3.8, 4) is 0 Å². The number of aliphatic hydroxyl groups excluding tert-OH is 1. The molecule has 0 saturated carbocycles. The minimum absolute atomic E-state index is 0.232. The van der Waals surface area contributed by atoms with Crippen LogP contribution >= 0.6 is 0 Å². The Morgan fingerprint density at radius 3 is 2.76 bits per heavy atom. The number of benzene rings is 1.